The van der Waals surface area contributed by atoms with Crippen molar-refractivity contribution in [2.24, 2.45) is 0 Å². The second kappa shape index (κ2) is 5.82. The lowest BCUT2D eigenvalue weighted by molar-refractivity contribution is -0.0497. The number of benzene rings is 1. The first-order valence-electron chi connectivity index (χ1n) is 6.20. The summed E-state index contributed by atoms with van der Waals surface area (Å²) in [5.74, 6) is 0.146. The average Bonchev–Trinajstić information content (AvgIpc) is 2.35. The molecule has 5 heteroatoms. The molecule has 0 saturated carbocycles. The van der Waals surface area contributed by atoms with Crippen molar-refractivity contribution in [3.8, 4) is 5.75 Å². The highest BCUT2D eigenvalue weighted by atomic mass is 19.3. The van der Waals surface area contributed by atoms with Crippen LogP contribution in [0.1, 0.15) is 19.0 Å². The van der Waals surface area contributed by atoms with Gasteiger partial charge in [0.2, 0.25) is 0 Å². The summed E-state index contributed by atoms with van der Waals surface area (Å²) in [5, 5.41) is 4.06. The quantitative estimate of drug-likeness (QED) is 0.889. The number of aromatic nitrogens is 1. The number of halogens is 2. The van der Waals surface area contributed by atoms with Gasteiger partial charge >= 0.3 is 6.61 Å². The SMILES string of the molecule is CCCNc1cc(C)nc2ccc(OC(F)F)cc12. The van der Waals surface area contributed by atoms with Gasteiger partial charge in [0.1, 0.15) is 5.75 Å². The summed E-state index contributed by atoms with van der Waals surface area (Å²) in [4.78, 5) is 4.38. The Kier molecular flexibility index (Phi) is 4.14. The lowest BCUT2D eigenvalue weighted by Crippen LogP contribution is -2.04. The van der Waals surface area contributed by atoms with Crippen LogP contribution in [0.4, 0.5) is 14.5 Å². The van der Waals surface area contributed by atoms with E-state index in [-0.39, 0.29) is 5.75 Å². The minimum absolute atomic E-state index is 0.146. The van der Waals surface area contributed by atoms with Gasteiger partial charge in [0.25, 0.3) is 0 Å². The molecule has 0 spiro atoms. The molecule has 0 aliphatic heterocycles. The Hall–Kier alpha value is -1.91. The first-order chi connectivity index (χ1) is 9.10. The molecule has 0 fully saturated rings. The summed E-state index contributed by atoms with van der Waals surface area (Å²) in [7, 11) is 0. The van der Waals surface area contributed by atoms with Gasteiger partial charge in [0.15, 0.2) is 0 Å². The molecule has 2 aromatic rings. The van der Waals surface area contributed by atoms with Gasteiger partial charge in [-0.3, -0.25) is 4.98 Å². The van der Waals surface area contributed by atoms with E-state index in [4.69, 9.17) is 0 Å². The molecule has 1 heterocycles. The van der Waals surface area contributed by atoms with Gasteiger partial charge in [-0.1, -0.05) is 6.92 Å². The predicted octanol–water partition coefficient (Wildman–Crippen LogP) is 3.97. The molecular formula is C14H16F2N2O. The maximum atomic E-state index is 12.2. The molecule has 0 atom stereocenters. The molecule has 19 heavy (non-hydrogen) atoms. The molecule has 0 radical (unpaired) electrons. The summed E-state index contributed by atoms with van der Waals surface area (Å²) in [6.07, 6.45) is 0.982. The Morgan fingerprint density at radius 3 is 2.79 bits per heavy atom. The predicted molar refractivity (Wildman–Crippen MR) is 71.9 cm³/mol. The van der Waals surface area contributed by atoms with Crippen molar-refractivity contribution in [3.05, 3.63) is 30.0 Å². The van der Waals surface area contributed by atoms with Crippen molar-refractivity contribution in [1.29, 1.82) is 0 Å². The van der Waals surface area contributed by atoms with E-state index in [0.29, 0.717) is 0 Å². The van der Waals surface area contributed by atoms with Crippen LogP contribution in [0.3, 0.4) is 0 Å². The highest BCUT2D eigenvalue weighted by molar-refractivity contribution is 5.92. The lowest BCUT2D eigenvalue weighted by atomic mass is 10.1. The van der Waals surface area contributed by atoms with Crippen molar-refractivity contribution >= 4 is 16.6 Å². The fourth-order valence-electron chi connectivity index (χ4n) is 1.92. The maximum Gasteiger partial charge on any atom is 0.387 e. The Morgan fingerprint density at radius 1 is 1.32 bits per heavy atom. The number of anilines is 1. The summed E-state index contributed by atoms with van der Waals surface area (Å²) in [5.41, 5.74) is 2.54. The van der Waals surface area contributed by atoms with Crippen molar-refractivity contribution < 1.29 is 13.5 Å². The van der Waals surface area contributed by atoms with Gasteiger partial charge in [0, 0.05) is 23.3 Å². The highest BCUT2D eigenvalue weighted by Crippen LogP contribution is 2.28. The number of ether oxygens (including phenoxy) is 1. The molecule has 0 amide bonds. The number of nitrogens with one attached hydrogen (secondary N) is 1. The molecule has 0 saturated heterocycles. The number of nitrogens with zero attached hydrogens (tertiary/aromatic N) is 1. The van der Waals surface area contributed by atoms with E-state index in [2.05, 4.69) is 22.0 Å². The number of aryl methyl sites for hydroxylation is 1. The number of alkyl halides is 2. The van der Waals surface area contributed by atoms with E-state index in [1.807, 2.05) is 13.0 Å². The summed E-state index contributed by atoms with van der Waals surface area (Å²) < 4.78 is 28.9. The van der Waals surface area contributed by atoms with E-state index in [9.17, 15) is 8.78 Å². The minimum Gasteiger partial charge on any atom is -0.435 e. The Labute approximate surface area is 110 Å². The Bertz CT molecular complexity index is 573. The third-order valence-electron chi connectivity index (χ3n) is 2.70. The first-order valence-corrected chi connectivity index (χ1v) is 6.20. The summed E-state index contributed by atoms with van der Waals surface area (Å²) in [6, 6.07) is 6.69. The Morgan fingerprint density at radius 2 is 2.11 bits per heavy atom. The van der Waals surface area contributed by atoms with Crippen LogP contribution in [-0.4, -0.2) is 18.1 Å². The van der Waals surface area contributed by atoms with Crippen molar-refractivity contribution in [2.45, 2.75) is 26.9 Å². The third kappa shape index (κ3) is 3.30. The van der Waals surface area contributed by atoms with Crippen LogP contribution < -0.4 is 10.1 Å². The second-order valence-corrected chi connectivity index (χ2v) is 4.30. The normalized spacial score (nSPS) is 11.0. The molecule has 1 N–H and O–H groups in total. The number of rotatable bonds is 5. The fourth-order valence-corrected chi connectivity index (χ4v) is 1.92. The summed E-state index contributed by atoms with van der Waals surface area (Å²) in [6.45, 7) is 1.97. The zero-order valence-electron chi connectivity index (χ0n) is 10.9. The van der Waals surface area contributed by atoms with Crippen LogP contribution in [0, 0.1) is 6.92 Å². The van der Waals surface area contributed by atoms with Crippen LogP contribution in [0.25, 0.3) is 10.9 Å². The molecule has 2 rings (SSSR count). The van der Waals surface area contributed by atoms with Crippen LogP contribution in [0.15, 0.2) is 24.3 Å². The molecular weight excluding hydrogens is 250 g/mol. The van der Waals surface area contributed by atoms with Gasteiger partial charge in [-0.15, -0.1) is 0 Å². The molecule has 0 bridgehead atoms. The van der Waals surface area contributed by atoms with E-state index in [0.717, 1.165) is 35.2 Å². The second-order valence-electron chi connectivity index (χ2n) is 4.30. The van der Waals surface area contributed by atoms with Gasteiger partial charge in [-0.2, -0.15) is 8.78 Å². The van der Waals surface area contributed by atoms with Crippen LogP contribution >= 0.6 is 0 Å². The molecule has 0 aliphatic carbocycles. The molecule has 1 aromatic heterocycles. The third-order valence-corrected chi connectivity index (χ3v) is 2.70. The smallest absolute Gasteiger partial charge is 0.387 e. The van der Waals surface area contributed by atoms with Gasteiger partial charge in [-0.05, 0) is 37.6 Å². The Balaban J connectivity index is 2.45. The molecule has 102 valence electrons. The number of fused-ring (bicyclic) bond motifs is 1. The number of hydrogen-bond acceptors (Lipinski definition) is 3. The van der Waals surface area contributed by atoms with Crippen LogP contribution in [0.5, 0.6) is 5.75 Å². The topological polar surface area (TPSA) is 34.2 Å². The van der Waals surface area contributed by atoms with E-state index in [1.54, 1.807) is 12.1 Å². The zero-order chi connectivity index (χ0) is 13.8. The maximum absolute atomic E-state index is 12.2. The lowest BCUT2D eigenvalue weighted by Gasteiger charge is -2.11. The van der Waals surface area contributed by atoms with Crippen molar-refractivity contribution in [3.63, 3.8) is 0 Å². The van der Waals surface area contributed by atoms with Gasteiger partial charge < -0.3 is 10.1 Å². The van der Waals surface area contributed by atoms with Crippen LogP contribution in [0.2, 0.25) is 0 Å². The van der Waals surface area contributed by atoms with E-state index in [1.165, 1.54) is 6.07 Å². The molecule has 3 nitrogen and oxygen atoms in total. The molecule has 0 unspecified atom stereocenters. The van der Waals surface area contributed by atoms with Gasteiger partial charge in [0.05, 0.1) is 5.52 Å². The van der Waals surface area contributed by atoms with E-state index < -0.39 is 6.61 Å². The van der Waals surface area contributed by atoms with Crippen molar-refractivity contribution in [2.75, 3.05) is 11.9 Å². The monoisotopic (exact) mass is 266 g/mol. The number of pyridine rings is 1. The van der Waals surface area contributed by atoms with Gasteiger partial charge in [-0.25, -0.2) is 0 Å². The minimum atomic E-state index is -2.82. The largest absolute Gasteiger partial charge is 0.435 e. The molecule has 1 aromatic carbocycles. The van der Waals surface area contributed by atoms with E-state index >= 15 is 0 Å². The average molecular weight is 266 g/mol. The van der Waals surface area contributed by atoms with Crippen molar-refractivity contribution in [1.82, 2.24) is 4.98 Å². The molecule has 0 aliphatic rings. The first kappa shape index (κ1) is 13.5. The highest BCUT2D eigenvalue weighted by Gasteiger charge is 2.08. The van der Waals surface area contributed by atoms with Crippen LogP contribution in [-0.2, 0) is 0 Å². The standard InChI is InChI=1S/C14H16F2N2O/c1-3-6-17-13-7-9(2)18-12-5-4-10(8-11(12)13)19-14(15)16/h4-5,7-8,14H,3,6H2,1-2H3,(H,17,18). The number of hydrogen-bond donors (Lipinski definition) is 1. The fraction of sp³-hybridized carbons (Fsp3) is 0.357. The zero-order valence-corrected chi connectivity index (χ0v) is 10.9. The summed E-state index contributed by atoms with van der Waals surface area (Å²) >= 11 is 0.